The van der Waals surface area contributed by atoms with Gasteiger partial charge in [-0.3, -0.25) is 4.79 Å². The Balaban J connectivity index is 2.65. The summed E-state index contributed by atoms with van der Waals surface area (Å²) in [6.45, 7) is 3.43. The third-order valence-corrected chi connectivity index (χ3v) is 2.91. The number of hydrogen-bond acceptors (Lipinski definition) is 3. The van der Waals surface area contributed by atoms with Crippen LogP contribution in [0.25, 0.3) is 0 Å². The van der Waals surface area contributed by atoms with Crippen LogP contribution < -0.4 is 5.73 Å². The van der Waals surface area contributed by atoms with Crippen LogP contribution in [0.4, 0.5) is 0 Å². The second-order valence-corrected chi connectivity index (χ2v) is 5.33. The van der Waals surface area contributed by atoms with Gasteiger partial charge in [0.2, 0.25) is 0 Å². The van der Waals surface area contributed by atoms with Crippen molar-refractivity contribution in [2.24, 2.45) is 5.73 Å². The van der Waals surface area contributed by atoms with Crippen LogP contribution in [0.3, 0.4) is 0 Å². The van der Waals surface area contributed by atoms with E-state index < -0.39 is 5.54 Å². The Bertz CT molecular complexity index is 314. The lowest BCUT2D eigenvalue weighted by Crippen LogP contribution is -2.42. The molecule has 1 rings (SSSR count). The first-order chi connectivity index (χ1) is 5.89. The molecule has 0 spiro atoms. The van der Waals surface area contributed by atoms with E-state index in [1.54, 1.807) is 19.9 Å². The van der Waals surface area contributed by atoms with Gasteiger partial charge in [-0.2, -0.15) is 0 Å². The molecular weight excluding hydrogens is 206 g/mol. The lowest BCUT2D eigenvalue weighted by Gasteiger charge is -2.15. The molecule has 0 aliphatic carbocycles. The van der Waals surface area contributed by atoms with Crippen LogP contribution in [0.1, 0.15) is 18.7 Å². The molecule has 0 aliphatic rings. The van der Waals surface area contributed by atoms with Crippen LogP contribution in [-0.2, 0) is 11.2 Å². The fourth-order valence-corrected chi connectivity index (χ4v) is 1.92. The smallest absolute Gasteiger partial charge is 0.157 e. The third-order valence-electron chi connectivity index (χ3n) is 1.68. The van der Waals surface area contributed by atoms with Gasteiger partial charge in [0.15, 0.2) is 5.78 Å². The lowest BCUT2D eigenvalue weighted by atomic mass is 9.98. The van der Waals surface area contributed by atoms with E-state index in [0.29, 0.717) is 10.8 Å². The Labute approximate surface area is 86.7 Å². The number of thiophene rings is 1. The minimum atomic E-state index is -0.754. The predicted molar refractivity (Wildman–Crippen MR) is 56.3 cm³/mol. The Morgan fingerprint density at radius 3 is 2.62 bits per heavy atom. The number of hydrogen-bond donors (Lipinski definition) is 1. The molecule has 0 fully saturated rings. The van der Waals surface area contributed by atoms with Gasteiger partial charge < -0.3 is 5.73 Å². The summed E-state index contributed by atoms with van der Waals surface area (Å²) in [4.78, 5) is 12.4. The summed E-state index contributed by atoms with van der Waals surface area (Å²) >= 11 is 7.16. The highest BCUT2D eigenvalue weighted by atomic mass is 35.5. The molecule has 0 unspecified atom stereocenters. The summed E-state index contributed by atoms with van der Waals surface area (Å²) in [7, 11) is 0. The molecule has 0 radical (unpaired) electrons. The van der Waals surface area contributed by atoms with E-state index in [4.69, 9.17) is 17.3 Å². The molecule has 2 nitrogen and oxygen atoms in total. The van der Waals surface area contributed by atoms with Crippen molar-refractivity contribution in [2.45, 2.75) is 25.8 Å². The molecule has 0 saturated carbocycles. The minimum absolute atomic E-state index is 0.0333. The first-order valence-corrected chi connectivity index (χ1v) is 5.15. The highest BCUT2D eigenvalue weighted by molar-refractivity contribution is 7.16. The van der Waals surface area contributed by atoms with Crippen LogP contribution in [-0.4, -0.2) is 11.3 Å². The van der Waals surface area contributed by atoms with Crippen molar-refractivity contribution >= 4 is 28.7 Å². The SMILES string of the molecule is CC(C)(N)C(=O)Cc1ccc(Cl)s1. The van der Waals surface area contributed by atoms with Gasteiger partial charge in [0.05, 0.1) is 9.88 Å². The monoisotopic (exact) mass is 217 g/mol. The molecule has 0 aliphatic heterocycles. The van der Waals surface area contributed by atoms with Crippen molar-refractivity contribution in [3.05, 3.63) is 21.3 Å². The largest absolute Gasteiger partial charge is 0.319 e. The zero-order valence-electron chi connectivity index (χ0n) is 7.63. The molecule has 0 atom stereocenters. The Morgan fingerprint density at radius 2 is 2.23 bits per heavy atom. The van der Waals surface area contributed by atoms with E-state index >= 15 is 0 Å². The van der Waals surface area contributed by atoms with Gasteiger partial charge in [-0.25, -0.2) is 0 Å². The molecule has 0 aromatic carbocycles. The van der Waals surface area contributed by atoms with Crippen molar-refractivity contribution in [2.75, 3.05) is 0 Å². The van der Waals surface area contributed by atoms with Gasteiger partial charge in [0.25, 0.3) is 0 Å². The Morgan fingerprint density at radius 1 is 1.62 bits per heavy atom. The maximum Gasteiger partial charge on any atom is 0.157 e. The van der Waals surface area contributed by atoms with E-state index in [2.05, 4.69) is 0 Å². The number of Topliss-reactive ketones (excluding diaryl/α,β-unsaturated/α-hetero) is 1. The number of ketones is 1. The topological polar surface area (TPSA) is 43.1 Å². The van der Waals surface area contributed by atoms with Gasteiger partial charge in [-0.15, -0.1) is 11.3 Å². The zero-order chi connectivity index (χ0) is 10.1. The van der Waals surface area contributed by atoms with Crippen molar-refractivity contribution < 1.29 is 4.79 Å². The van der Waals surface area contributed by atoms with E-state index in [1.165, 1.54) is 11.3 Å². The lowest BCUT2D eigenvalue weighted by molar-refractivity contribution is -0.122. The molecule has 1 aromatic rings. The Hall–Kier alpha value is -0.380. The third kappa shape index (κ3) is 3.10. The van der Waals surface area contributed by atoms with E-state index in [1.807, 2.05) is 6.07 Å². The van der Waals surface area contributed by atoms with Crippen LogP contribution in [0, 0.1) is 0 Å². The first kappa shape index (κ1) is 10.7. The molecule has 1 aromatic heterocycles. The van der Waals surface area contributed by atoms with Crippen LogP contribution in [0.5, 0.6) is 0 Å². The fourth-order valence-electron chi connectivity index (χ4n) is 0.833. The molecule has 72 valence electrons. The molecule has 0 amide bonds. The predicted octanol–water partition coefficient (Wildman–Crippen LogP) is 2.25. The second-order valence-electron chi connectivity index (χ2n) is 3.53. The molecule has 0 saturated heterocycles. The normalized spacial score (nSPS) is 11.7. The highest BCUT2D eigenvalue weighted by Crippen LogP contribution is 2.22. The number of nitrogens with two attached hydrogens (primary N) is 1. The molecule has 2 N–H and O–H groups in total. The standard InChI is InChI=1S/C9H12ClNOS/c1-9(2,11)7(12)5-6-3-4-8(10)13-6/h3-4H,5,11H2,1-2H3. The van der Waals surface area contributed by atoms with Crippen molar-refractivity contribution in [3.8, 4) is 0 Å². The molecule has 0 bridgehead atoms. The first-order valence-electron chi connectivity index (χ1n) is 3.96. The average molecular weight is 218 g/mol. The summed E-state index contributed by atoms with van der Waals surface area (Å²) in [5.41, 5.74) is 4.90. The van der Waals surface area contributed by atoms with Crippen molar-refractivity contribution in [1.29, 1.82) is 0 Å². The number of carbonyl (C=O) groups excluding carboxylic acids is 1. The molecule has 13 heavy (non-hydrogen) atoms. The summed E-state index contributed by atoms with van der Waals surface area (Å²) in [5.74, 6) is 0.0333. The van der Waals surface area contributed by atoms with Crippen LogP contribution in [0.15, 0.2) is 12.1 Å². The molecule has 1 heterocycles. The van der Waals surface area contributed by atoms with Gasteiger partial charge in [0.1, 0.15) is 0 Å². The van der Waals surface area contributed by atoms with Crippen molar-refractivity contribution in [3.63, 3.8) is 0 Å². The van der Waals surface area contributed by atoms with Gasteiger partial charge in [-0.05, 0) is 26.0 Å². The maximum atomic E-state index is 11.5. The number of carbonyl (C=O) groups is 1. The number of halogens is 1. The van der Waals surface area contributed by atoms with Crippen molar-refractivity contribution in [1.82, 2.24) is 0 Å². The van der Waals surface area contributed by atoms with E-state index in [0.717, 1.165) is 4.88 Å². The fraction of sp³-hybridized carbons (Fsp3) is 0.444. The second kappa shape index (κ2) is 3.78. The van der Waals surface area contributed by atoms with Gasteiger partial charge in [-0.1, -0.05) is 11.6 Å². The van der Waals surface area contributed by atoms with E-state index in [-0.39, 0.29) is 5.78 Å². The maximum absolute atomic E-state index is 11.5. The zero-order valence-corrected chi connectivity index (χ0v) is 9.21. The summed E-state index contributed by atoms with van der Waals surface area (Å²) in [6.07, 6.45) is 0.376. The molecule has 4 heteroatoms. The van der Waals surface area contributed by atoms with Gasteiger partial charge >= 0.3 is 0 Å². The summed E-state index contributed by atoms with van der Waals surface area (Å²) in [5, 5.41) is 0. The van der Waals surface area contributed by atoms with Crippen LogP contribution >= 0.6 is 22.9 Å². The average Bonchev–Trinajstić information content (AvgIpc) is 2.33. The highest BCUT2D eigenvalue weighted by Gasteiger charge is 2.22. The minimum Gasteiger partial charge on any atom is -0.319 e. The Kier molecular flexibility index (Phi) is 3.11. The number of rotatable bonds is 3. The van der Waals surface area contributed by atoms with Gasteiger partial charge in [0, 0.05) is 11.3 Å². The summed E-state index contributed by atoms with van der Waals surface area (Å²) < 4.78 is 0.706. The molecular formula is C9H12ClNOS. The summed E-state index contributed by atoms with van der Waals surface area (Å²) in [6, 6.07) is 3.65. The quantitative estimate of drug-likeness (QED) is 0.844. The van der Waals surface area contributed by atoms with E-state index in [9.17, 15) is 4.79 Å². The van der Waals surface area contributed by atoms with Crippen LogP contribution in [0.2, 0.25) is 4.34 Å².